The van der Waals surface area contributed by atoms with E-state index in [4.69, 9.17) is 0 Å². The van der Waals surface area contributed by atoms with Gasteiger partial charge in [-0.3, -0.25) is 10.1 Å². The molecule has 2 aliphatic rings. The summed E-state index contributed by atoms with van der Waals surface area (Å²) in [5, 5.41) is 14.0. The summed E-state index contributed by atoms with van der Waals surface area (Å²) < 4.78 is 0. The molecule has 0 spiro atoms. The zero-order chi connectivity index (χ0) is 13.2. The van der Waals surface area contributed by atoms with Gasteiger partial charge in [-0.1, -0.05) is 12.1 Å². The molecule has 0 unspecified atom stereocenters. The van der Waals surface area contributed by atoms with Crippen LogP contribution >= 0.6 is 0 Å². The number of benzene rings is 1. The van der Waals surface area contributed by atoms with Crippen LogP contribution in [0.2, 0.25) is 0 Å². The topological polar surface area (TPSA) is 58.4 Å². The molecule has 102 valence electrons. The van der Waals surface area contributed by atoms with E-state index in [9.17, 15) is 10.1 Å². The highest BCUT2D eigenvalue weighted by molar-refractivity contribution is 5.32. The van der Waals surface area contributed by atoms with E-state index in [1.165, 1.54) is 31.7 Å². The van der Waals surface area contributed by atoms with Crippen LogP contribution in [0.1, 0.15) is 5.56 Å². The van der Waals surface area contributed by atoms with Crippen molar-refractivity contribution in [3.8, 4) is 0 Å². The van der Waals surface area contributed by atoms with Gasteiger partial charge in [0, 0.05) is 31.8 Å². The molecular weight excluding hydrogens is 242 g/mol. The Morgan fingerprint density at radius 2 is 1.84 bits per heavy atom. The number of rotatable bonds is 4. The van der Waals surface area contributed by atoms with Crippen LogP contribution < -0.4 is 5.32 Å². The lowest BCUT2D eigenvalue weighted by molar-refractivity contribution is -0.384. The first-order valence-electron chi connectivity index (χ1n) is 6.89. The zero-order valence-corrected chi connectivity index (χ0v) is 10.9. The highest BCUT2D eigenvalue weighted by Crippen LogP contribution is 2.26. The van der Waals surface area contributed by atoms with Gasteiger partial charge in [0.1, 0.15) is 0 Å². The molecular formula is C14H19N3O2. The van der Waals surface area contributed by atoms with Crippen molar-refractivity contribution in [2.24, 2.45) is 11.8 Å². The van der Waals surface area contributed by atoms with Crippen LogP contribution in [0, 0.1) is 22.0 Å². The molecule has 1 N–H and O–H groups in total. The van der Waals surface area contributed by atoms with Gasteiger partial charge in [0.2, 0.25) is 0 Å². The maximum atomic E-state index is 10.6. The van der Waals surface area contributed by atoms with Crippen LogP contribution in [0.3, 0.4) is 0 Å². The Balaban J connectivity index is 1.51. The molecule has 1 aromatic carbocycles. The summed E-state index contributed by atoms with van der Waals surface area (Å²) in [4.78, 5) is 12.8. The molecule has 1 aromatic rings. The van der Waals surface area contributed by atoms with Crippen molar-refractivity contribution in [3.05, 3.63) is 39.9 Å². The number of nitro benzene ring substituents is 1. The minimum absolute atomic E-state index is 0.172. The average Bonchev–Trinajstić information content (AvgIpc) is 2.97. The van der Waals surface area contributed by atoms with Gasteiger partial charge in [0.25, 0.3) is 5.69 Å². The fraction of sp³-hybridized carbons (Fsp3) is 0.571. The largest absolute Gasteiger partial charge is 0.316 e. The molecule has 2 aliphatic heterocycles. The second-order valence-corrected chi connectivity index (χ2v) is 5.61. The summed E-state index contributed by atoms with van der Waals surface area (Å²) in [7, 11) is 0. The van der Waals surface area contributed by atoms with Crippen LogP contribution in [0.4, 0.5) is 5.69 Å². The van der Waals surface area contributed by atoms with Gasteiger partial charge in [0.15, 0.2) is 0 Å². The van der Waals surface area contributed by atoms with Crippen LogP contribution in [-0.4, -0.2) is 42.5 Å². The Kier molecular flexibility index (Phi) is 3.48. The fourth-order valence-electron chi connectivity index (χ4n) is 3.21. The first-order valence-corrected chi connectivity index (χ1v) is 6.89. The van der Waals surface area contributed by atoms with Gasteiger partial charge in [0.05, 0.1) is 4.92 Å². The summed E-state index contributed by atoms with van der Waals surface area (Å²) in [6.07, 6.45) is 0.977. The van der Waals surface area contributed by atoms with E-state index < -0.39 is 0 Å². The highest BCUT2D eigenvalue weighted by Gasteiger charge is 2.35. The first kappa shape index (κ1) is 12.6. The van der Waals surface area contributed by atoms with Crippen molar-refractivity contribution in [2.75, 3.05) is 32.7 Å². The van der Waals surface area contributed by atoms with Crippen molar-refractivity contribution < 1.29 is 4.92 Å². The van der Waals surface area contributed by atoms with E-state index >= 15 is 0 Å². The first-order chi connectivity index (χ1) is 9.22. The SMILES string of the molecule is O=[N+]([O-])c1ccc(CCN2C[C@H]3CNC[C@H]3C2)cc1. The molecule has 0 aromatic heterocycles. The minimum atomic E-state index is -0.349. The van der Waals surface area contributed by atoms with E-state index in [1.54, 1.807) is 12.1 Å². The summed E-state index contributed by atoms with van der Waals surface area (Å²) in [5.41, 5.74) is 1.35. The molecule has 2 heterocycles. The lowest BCUT2D eigenvalue weighted by Crippen LogP contribution is -2.27. The van der Waals surface area contributed by atoms with Crippen molar-refractivity contribution in [2.45, 2.75) is 6.42 Å². The van der Waals surface area contributed by atoms with Crippen LogP contribution in [0.15, 0.2) is 24.3 Å². The maximum Gasteiger partial charge on any atom is 0.269 e. The summed E-state index contributed by atoms with van der Waals surface area (Å²) in [6, 6.07) is 6.93. The predicted molar refractivity (Wildman–Crippen MR) is 73.1 cm³/mol. The van der Waals surface area contributed by atoms with Crippen molar-refractivity contribution in [1.29, 1.82) is 0 Å². The molecule has 5 nitrogen and oxygen atoms in total. The molecule has 5 heteroatoms. The van der Waals surface area contributed by atoms with Crippen molar-refractivity contribution in [3.63, 3.8) is 0 Å². The fourth-order valence-corrected chi connectivity index (χ4v) is 3.21. The van der Waals surface area contributed by atoms with E-state index in [1.807, 2.05) is 12.1 Å². The Labute approximate surface area is 112 Å². The van der Waals surface area contributed by atoms with E-state index in [0.29, 0.717) is 0 Å². The zero-order valence-electron chi connectivity index (χ0n) is 10.9. The van der Waals surface area contributed by atoms with Crippen LogP contribution in [0.25, 0.3) is 0 Å². The Morgan fingerprint density at radius 3 is 2.42 bits per heavy atom. The van der Waals surface area contributed by atoms with Crippen LogP contribution in [0.5, 0.6) is 0 Å². The monoisotopic (exact) mass is 261 g/mol. The molecule has 0 bridgehead atoms. The number of fused-ring (bicyclic) bond motifs is 1. The third kappa shape index (κ3) is 2.77. The average molecular weight is 261 g/mol. The molecule has 0 radical (unpaired) electrons. The maximum absolute atomic E-state index is 10.6. The molecule has 2 saturated heterocycles. The summed E-state index contributed by atoms with van der Waals surface area (Å²) >= 11 is 0. The van der Waals surface area contributed by atoms with E-state index in [-0.39, 0.29) is 10.6 Å². The smallest absolute Gasteiger partial charge is 0.269 e. The second-order valence-electron chi connectivity index (χ2n) is 5.61. The summed E-state index contributed by atoms with van der Waals surface area (Å²) in [5.74, 6) is 1.66. The highest BCUT2D eigenvalue weighted by atomic mass is 16.6. The molecule has 0 saturated carbocycles. The number of likely N-dealkylation sites (tertiary alicyclic amines) is 1. The molecule has 0 aliphatic carbocycles. The van der Waals surface area contributed by atoms with E-state index in [0.717, 1.165) is 24.8 Å². The number of nitrogens with one attached hydrogen (secondary N) is 1. The van der Waals surface area contributed by atoms with Crippen LogP contribution in [-0.2, 0) is 6.42 Å². The Bertz CT molecular complexity index is 448. The minimum Gasteiger partial charge on any atom is -0.316 e. The third-order valence-electron chi connectivity index (χ3n) is 4.33. The number of nitrogens with zero attached hydrogens (tertiary/aromatic N) is 2. The predicted octanol–water partition coefficient (Wildman–Crippen LogP) is 1.29. The van der Waals surface area contributed by atoms with Gasteiger partial charge >= 0.3 is 0 Å². The van der Waals surface area contributed by atoms with Gasteiger partial charge < -0.3 is 10.2 Å². The van der Waals surface area contributed by atoms with Gasteiger partial charge in [-0.15, -0.1) is 0 Å². The third-order valence-corrected chi connectivity index (χ3v) is 4.33. The number of nitro groups is 1. The normalized spacial score (nSPS) is 26.5. The standard InChI is InChI=1S/C14H19N3O2/c18-17(19)14-3-1-11(2-4-14)5-6-16-9-12-7-15-8-13(12)10-16/h1-4,12-13,15H,5-10H2/t12-,13+. The number of hydrogen-bond donors (Lipinski definition) is 1. The number of non-ortho nitro benzene ring substituents is 1. The van der Waals surface area contributed by atoms with E-state index in [2.05, 4.69) is 10.2 Å². The van der Waals surface area contributed by atoms with Crippen molar-refractivity contribution in [1.82, 2.24) is 10.2 Å². The molecule has 19 heavy (non-hydrogen) atoms. The molecule has 2 atom stereocenters. The molecule has 0 amide bonds. The molecule has 2 fully saturated rings. The Hall–Kier alpha value is -1.46. The van der Waals surface area contributed by atoms with Gasteiger partial charge in [-0.2, -0.15) is 0 Å². The molecule has 3 rings (SSSR count). The van der Waals surface area contributed by atoms with Crippen molar-refractivity contribution >= 4 is 5.69 Å². The second kappa shape index (κ2) is 5.27. The van der Waals surface area contributed by atoms with Gasteiger partial charge in [-0.05, 0) is 36.9 Å². The number of hydrogen-bond acceptors (Lipinski definition) is 4. The lowest BCUT2D eigenvalue weighted by Gasteiger charge is -2.16. The summed E-state index contributed by atoms with van der Waals surface area (Å²) in [6.45, 7) is 5.79. The Morgan fingerprint density at radius 1 is 1.21 bits per heavy atom. The van der Waals surface area contributed by atoms with Gasteiger partial charge in [-0.25, -0.2) is 0 Å². The quantitative estimate of drug-likeness (QED) is 0.655. The lowest BCUT2D eigenvalue weighted by atomic mass is 10.0.